The SMILES string of the molecule is COc1c(F)c(C2CC2)cc(C(=O)c2conc2C(=O)O)c1S(C)(=O)=O. The van der Waals surface area contributed by atoms with E-state index < -0.39 is 49.3 Å². The zero-order chi connectivity index (χ0) is 19.2. The standard InChI is InChI=1S/C16H14FNO7S/c1-24-14-11(17)8(7-3-4-7)5-9(15(14)26(2,22)23)13(19)10-6-25-18-12(10)16(20)21/h5-7H,3-4H2,1-2H3,(H,20,21). The zero-order valence-electron chi connectivity index (χ0n) is 13.8. The van der Waals surface area contributed by atoms with E-state index in [1.807, 2.05) is 0 Å². The van der Waals surface area contributed by atoms with Crippen molar-refractivity contribution in [3.63, 3.8) is 0 Å². The van der Waals surface area contributed by atoms with Crippen LogP contribution in [-0.2, 0) is 9.84 Å². The number of halogens is 1. The molecule has 1 fully saturated rings. The number of carbonyl (C=O) groups excluding carboxylic acids is 1. The number of methoxy groups -OCH3 is 1. The van der Waals surface area contributed by atoms with Crippen molar-refractivity contribution in [3.8, 4) is 5.75 Å². The van der Waals surface area contributed by atoms with Gasteiger partial charge in [-0.15, -0.1) is 0 Å². The molecule has 0 amide bonds. The first-order valence-electron chi connectivity index (χ1n) is 7.49. The third kappa shape index (κ3) is 2.96. The number of ether oxygens (including phenoxy) is 1. The van der Waals surface area contributed by atoms with Crippen LogP contribution in [0, 0.1) is 5.82 Å². The molecule has 1 aromatic carbocycles. The number of carboxylic acids is 1. The Bertz CT molecular complexity index is 1020. The number of aromatic carboxylic acids is 1. The monoisotopic (exact) mass is 383 g/mol. The van der Waals surface area contributed by atoms with Crippen LogP contribution in [0.2, 0.25) is 0 Å². The molecule has 1 saturated carbocycles. The summed E-state index contributed by atoms with van der Waals surface area (Å²) in [7, 11) is -2.98. The topological polar surface area (TPSA) is 124 Å². The van der Waals surface area contributed by atoms with E-state index in [9.17, 15) is 22.4 Å². The summed E-state index contributed by atoms with van der Waals surface area (Å²) < 4.78 is 48.6. The number of hydrogen-bond donors (Lipinski definition) is 1. The normalized spacial score (nSPS) is 14.3. The fourth-order valence-corrected chi connectivity index (χ4v) is 3.81. The van der Waals surface area contributed by atoms with E-state index in [0.717, 1.165) is 25.7 Å². The van der Waals surface area contributed by atoms with Gasteiger partial charge in [-0.25, -0.2) is 17.6 Å². The summed E-state index contributed by atoms with van der Waals surface area (Å²) in [5, 5.41) is 12.3. The highest BCUT2D eigenvalue weighted by atomic mass is 32.2. The first-order valence-corrected chi connectivity index (χ1v) is 9.38. The van der Waals surface area contributed by atoms with Gasteiger partial charge in [-0.1, -0.05) is 5.16 Å². The van der Waals surface area contributed by atoms with Crippen molar-refractivity contribution in [1.82, 2.24) is 5.16 Å². The summed E-state index contributed by atoms with van der Waals surface area (Å²) in [4.78, 5) is 23.4. The Hall–Kier alpha value is -2.75. The van der Waals surface area contributed by atoms with Crippen LogP contribution < -0.4 is 4.74 Å². The maximum Gasteiger partial charge on any atom is 0.358 e. The number of aromatic nitrogens is 1. The molecule has 0 radical (unpaired) electrons. The molecule has 0 spiro atoms. The molecule has 10 heteroatoms. The van der Waals surface area contributed by atoms with Crippen LogP contribution in [-0.4, -0.2) is 43.8 Å². The molecule has 1 N–H and O–H groups in total. The molecular weight excluding hydrogens is 369 g/mol. The van der Waals surface area contributed by atoms with E-state index in [0.29, 0.717) is 12.8 Å². The van der Waals surface area contributed by atoms with Crippen LogP contribution in [0.5, 0.6) is 5.75 Å². The molecule has 0 aliphatic heterocycles. The van der Waals surface area contributed by atoms with Gasteiger partial charge in [0.1, 0.15) is 11.2 Å². The minimum Gasteiger partial charge on any atom is -0.492 e. The highest BCUT2D eigenvalue weighted by molar-refractivity contribution is 7.91. The maximum absolute atomic E-state index is 14.7. The number of sulfone groups is 1. The largest absolute Gasteiger partial charge is 0.492 e. The van der Waals surface area contributed by atoms with Crippen LogP contribution in [0.25, 0.3) is 0 Å². The molecule has 1 aliphatic carbocycles. The van der Waals surface area contributed by atoms with Crippen molar-refractivity contribution < 1.29 is 36.8 Å². The lowest BCUT2D eigenvalue weighted by molar-refractivity contribution is 0.0682. The molecule has 138 valence electrons. The molecule has 3 rings (SSSR count). The minimum absolute atomic E-state index is 0.148. The van der Waals surface area contributed by atoms with Crippen molar-refractivity contribution in [2.45, 2.75) is 23.7 Å². The van der Waals surface area contributed by atoms with E-state index >= 15 is 0 Å². The van der Waals surface area contributed by atoms with Crippen molar-refractivity contribution in [1.29, 1.82) is 0 Å². The van der Waals surface area contributed by atoms with Crippen LogP contribution in [0.1, 0.15) is 50.7 Å². The summed E-state index contributed by atoms with van der Waals surface area (Å²) in [6, 6.07) is 1.15. The molecule has 0 atom stereocenters. The van der Waals surface area contributed by atoms with Gasteiger partial charge in [0.05, 0.1) is 12.7 Å². The van der Waals surface area contributed by atoms with Gasteiger partial charge < -0.3 is 14.4 Å². The Labute approximate surface area is 147 Å². The average Bonchev–Trinajstić information content (AvgIpc) is 3.27. The Morgan fingerprint density at radius 2 is 2.00 bits per heavy atom. The van der Waals surface area contributed by atoms with Gasteiger partial charge in [-0.2, -0.15) is 0 Å². The average molecular weight is 383 g/mol. The maximum atomic E-state index is 14.7. The fraction of sp³-hybridized carbons (Fsp3) is 0.312. The quantitative estimate of drug-likeness (QED) is 0.752. The number of rotatable bonds is 6. The fourth-order valence-electron chi connectivity index (χ4n) is 2.75. The second-order valence-corrected chi connectivity index (χ2v) is 7.90. The molecule has 0 bridgehead atoms. The van der Waals surface area contributed by atoms with Crippen molar-refractivity contribution >= 4 is 21.6 Å². The van der Waals surface area contributed by atoms with Gasteiger partial charge in [0.2, 0.25) is 5.69 Å². The molecule has 1 aromatic heterocycles. The van der Waals surface area contributed by atoms with E-state index in [4.69, 9.17) is 9.84 Å². The summed E-state index contributed by atoms with van der Waals surface area (Å²) >= 11 is 0. The Kier molecular flexibility index (Phi) is 4.31. The second-order valence-electron chi connectivity index (χ2n) is 5.95. The Morgan fingerprint density at radius 1 is 1.35 bits per heavy atom. The molecule has 0 saturated heterocycles. The molecule has 2 aromatic rings. The predicted octanol–water partition coefficient (Wildman–Crippen LogP) is 2.03. The lowest BCUT2D eigenvalue weighted by Gasteiger charge is -2.15. The highest BCUT2D eigenvalue weighted by Crippen LogP contribution is 2.46. The minimum atomic E-state index is -4.07. The number of carboxylic acid groups (broad SMARTS) is 1. The van der Waals surface area contributed by atoms with E-state index in [-0.39, 0.29) is 17.0 Å². The van der Waals surface area contributed by atoms with E-state index in [2.05, 4.69) is 9.68 Å². The third-order valence-electron chi connectivity index (χ3n) is 4.06. The predicted molar refractivity (Wildman–Crippen MR) is 84.9 cm³/mol. The second kappa shape index (κ2) is 6.20. The highest BCUT2D eigenvalue weighted by Gasteiger charge is 2.36. The molecule has 26 heavy (non-hydrogen) atoms. The summed E-state index contributed by atoms with van der Waals surface area (Å²) in [5.41, 5.74) is -1.31. The van der Waals surface area contributed by atoms with Crippen LogP contribution in [0.3, 0.4) is 0 Å². The Morgan fingerprint density at radius 3 is 2.50 bits per heavy atom. The van der Waals surface area contributed by atoms with Crippen LogP contribution in [0.4, 0.5) is 4.39 Å². The lowest BCUT2D eigenvalue weighted by atomic mass is 9.98. The molecule has 8 nitrogen and oxygen atoms in total. The summed E-state index contributed by atoms with van der Waals surface area (Å²) in [6.45, 7) is 0. The van der Waals surface area contributed by atoms with Crippen molar-refractivity contribution in [2.75, 3.05) is 13.4 Å². The number of benzene rings is 1. The Balaban J connectivity index is 2.31. The van der Waals surface area contributed by atoms with E-state index in [1.165, 1.54) is 0 Å². The zero-order valence-corrected chi connectivity index (χ0v) is 14.6. The molecule has 0 unspecified atom stereocenters. The number of nitrogens with zero attached hydrogens (tertiary/aromatic N) is 1. The van der Waals surface area contributed by atoms with Gasteiger partial charge in [0.15, 0.2) is 27.2 Å². The first kappa shape index (κ1) is 18.1. The summed E-state index contributed by atoms with van der Waals surface area (Å²) in [6.07, 6.45) is 3.01. The van der Waals surface area contributed by atoms with Gasteiger partial charge in [0.25, 0.3) is 0 Å². The van der Waals surface area contributed by atoms with E-state index in [1.54, 1.807) is 0 Å². The van der Waals surface area contributed by atoms with Crippen molar-refractivity contribution in [2.24, 2.45) is 0 Å². The smallest absolute Gasteiger partial charge is 0.358 e. The summed E-state index contributed by atoms with van der Waals surface area (Å²) in [5.74, 6) is -4.02. The van der Waals surface area contributed by atoms with Gasteiger partial charge in [-0.3, -0.25) is 4.79 Å². The molecule has 1 heterocycles. The van der Waals surface area contributed by atoms with Gasteiger partial charge in [-0.05, 0) is 30.4 Å². The number of hydrogen-bond acceptors (Lipinski definition) is 7. The van der Waals surface area contributed by atoms with Crippen LogP contribution in [0.15, 0.2) is 21.7 Å². The first-order chi connectivity index (χ1) is 12.2. The van der Waals surface area contributed by atoms with Crippen molar-refractivity contribution in [3.05, 3.63) is 40.5 Å². The third-order valence-corrected chi connectivity index (χ3v) is 5.20. The van der Waals surface area contributed by atoms with Gasteiger partial charge in [0, 0.05) is 11.8 Å². The molecule has 1 aliphatic rings. The lowest BCUT2D eigenvalue weighted by Crippen LogP contribution is -2.15. The number of carbonyl (C=O) groups is 2. The number of ketones is 1. The van der Waals surface area contributed by atoms with Crippen LogP contribution >= 0.6 is 0 Å². The van der Waals surface area contributed by atoms with Gasteiger partial charge >= 0.3 is 5.97 Å². The molecular formula is C16H14FNO7S.